The number of Topliss-reactive ketones (excluding diaryl/α,β-unsaturated/α-hetero) is 1. The second-order valence-corrected chi connectivity index (χ2v) is 6.84. The molecule has 0 N–H and O–H groups in total. The van der Waals surface area contributed by atoms with E-state index < -0.39 is 0 Å². The Hall–Kier alpha value is -2.48. The minimum absolute atomic E-state index is 0.0142. The van der Waals surface area contributed by atoms with Gasteiger partial charge in [-0.25, -0.2) is 0 Å². The van der Waals surface area contributed by atoms with Crippen LogP contribution < -0.4 is 0 Å². The number of allylic oxidation sites excluding steroid dienone is 1. The largest absolute Gasteiger partial charge is 0.295 e. The van der Waals surface area contributed by atoms with Gasteiger partial charge in [-0.05, 0) is 93.5 Å². The zero-order valence-electron chi connectivity index (χ0n) is 16.2. The molecule has 0 saturated carbocycles. The van der Waals surface area contributed by atoms with Crippen LogP contribution in [0.1, 0.15) is 63.1 Å². The molecule has 0 saturated heterocycles. The first-order chi connectivity index (χ1) is 11.6. The molecule has 25 heavy (non-hydrogen) atoms. The number of benzene rings is 2. The highest BCUT2D eigenvalue weighted by atomic mass is 16.1. The fraction of sp³-hybridized carbons (Fsp3) is 0.304. The van der Waals surface area contributed by atoms with Crippen molar-refractivity contribution < 1.29 is 9.59 Å². The van der Waals surface area contributed by atoms with Gasteiger partial charge < -0.3 is 0 Å². The molecule has 0 aliphatic carbocycles. The summed E-state index contributed by atoms with van der Waals surface area (Å²) in [6.45, 7) is 13.3. The maximum Gasteiger partial charge on any atom is 0.160 e. The van der Waals surface area contributed by atoms with E-state index in [0.717, 1.165) is 44.5 Å². The van der Waals surface area contributed by atoms with E-state index >= 15 is 0 Å². The van der Waals surface area contributed by atoms with Crippen molar-refractivity contribution in [2.75, 3.05) is 0 Å². The minimum atomic E-state index is 0.0142. The maximum absolute atomic E-state index is 12.1. The average molecular weight is 334 g/mol. The Labute approximate surface area is 150 Å². The van der Waals surface area contributed by atoms with Crippen molar-refractivity contribution in [1.29, 1.82) is 0 Å². The summed E-state index contributed by atoms with van der Waals surface area (Å²) in [5.74, 6) is 0.0977. The van der Waals surface area contributed by atoms with Crippen LogP contribution in [0, 0.1) is 34.6 Å². The Bertz CT molecular complexity index is 852. The SMILES string of the molecule is CC(=O)/C=C(/c1ccc(C)cc1)c1c(C)c(C)c(C(C)=O)c(C)c1C. The second-order valence-electron chi connectivity index (χ2n) is 6.84. The van der Waals surface area contributed by atoms with Gasteiger partial charge in [-0.2, -0.15) is 0 Å². The third-order valence-electron chi connectivity index (χ3n) is 4.96. The molecule has 0 radical (unpaired) electrons. The van der Waals surface area contributed by atoms with Crippen LogP contribution in [0.4, 0.5) is 0 Å². The molecule has 0 fully saturated rings. The van der Waals surface area contributed by atoms with E-state index in [0.29, 0.717) is 0 Å². The molecule has 2 heteroatoms. The quantitative estimate of drug-likeness (QED) is 0.550. The van der Waals surface area contributed by atoms with Crippen molar-refractivity contribution in [3.63, 3.8) is 0 Å². The first-order valence-electron chi connectivity index (χ1n) is 8.56. The molecule has 0 atom stereocenters. The van der Waals surface area contributed by atoms with E-state index in [1.165, 1.54) is 5.56 Å². The van der Waals surface area contributed by atoms with Crippen LogP contribution in [0.5, 0.6) is 0 Å². The van der Waals surface area contributed by atoms with Crippen LogP contribution in [-0.2, 0) is 4.79 Å². The van der Waals surface area contributed by atoms with Gasteiger partial charge in [0.25, 0.3) is 0 Å². The van der Waals surface area contributed by atoms with Crippen LogP contribution in [-0.4, -0.2) is 11.6 Å². The zero-order chi connectivity index (χ0) is 18.9. The molecule has 0 bridgehead atoms. The molecule has 0 spiro atoms. The normalized spacial score (nSPS) is 11.6. The van der Waals surface area contributed by atoms with Crippen LogP contribution in [0.15, 0.2) is 30.3 Å². The Balaban J connectivity index is 2.86. The van der Waals surface area contributed by atoms with Crippen molar-refractivity contribution in [2.45, 2.75) is 48.5 Å². The first-order valence-corrected chi connectivity index (χ1v) is 8.56. The summed E-state index contributed by atoms with van der Waals surface area (Å²) in [6.07, 6.45) is 1.70. The van der Waals surface area contributed by atoms with Gasteiger partial charge in [0.2, 0.25) is 0 Å². The molecular formula is C23H26O2. The third-order valence-corrected chi connectivity index (χ3v) is 4.96. The molecule has 130 valence electrons. The van der Waals surface area contributed by atoms with E-state index in [2.05, 4.69) is 12.1 Å². The van der Waals surface area contributed by atoms with E-state index in [-0.39, 0.29) is 11.6 Å². The van der Waals surface area contributed by atoms with Crippen LogP contribution in [0.25, 0.3) is 5.57 Å². The summed E-state index contributed by atoms with van der Waals surface area (Å²) >= 11 is 0. The summed E-state index contributed by atoms with van der Waals surface area (Å²) in [7, 11) is 0. The third kappa shape index (κ3) is 3.63. The lowest BCUT2D eigenvalue weighted by Crippen LogP contribution is -2.09. The van der Waals surface area contributed by atoms with Gasteiger partial charge in [0.1, 0.15) is 0 Å². The van der Waals surface area contributed by atoms with Crippen LogP contribution in [0.2, 0.25) is 0 Å². The molecule has 0 aromatic heterocycles. The van der Waals surface area contributed by atoms with Gasteiger partial charge >= 0.3 is 0 Å². The highest BCUT2D eigenvalue weighted by molar-refractivity contribution is 6.02. The Morgan fingerprint density at radius 2 is 1.16 bits per heavy atom. The molecule has 2 aromatic carbocycles. The minimum Gasteiger partial charge on any atom is -0.295 e. The molecule has 2 aromatic rings. The molecule has 0 amide bonds. The summed E-state index contributed by atoms with van der Waals surface area (Å²) in [5.41, 5.74) is 9.06. The molecule has 0 heterocycles. The summed E-state index contributed by atoms with van der Waals surface area (Å²) in [4.78, 5) is 24.0. The standard InChI is InChI=1S/C23H26O2/c1-13-8-10-20(11-9-13)21(12-14(2)24)23-17(5)15(3)22(19(7)25)16(4)18(23)6/h8-12H,1-7H3/b21-12-. The predicted octanol–water partition coefficient (Wildman–Crippen LogP) is 5.45. The van der Waals surface area contributed by atoms with Crippen molar-refractivity contribution >= 4 is 17.1 Å². The second kappa shape index (κ2) is 7.18. The lowest BCUT2D eigenvalue weighted by molar-refractivity contribution is -0.112. The lowest BCUT2D eigenvalue weighted by atomic mass is 9.82. The highest BCUT2D eigenvalue weighted by Crippen LogP contribution is 2.35. The lowest BCUT2D eigenvalue weighted by Gasteiger charge is -2.21. The van der Waals surface area contributed by atoms with Crippen molar-refractivity contribution in [1.82, 2.24) is 0 Å². The molecule has 0 unspecified atom stereocenters. The predicted molar refractivity (Wildman–Crippen MR) is 104 cm³/mol. The van der Waals surface area contributed by atoms with Crippen LogP contribution >= 0.6 is 0 Å². The monoisotopic (exact) mass is 334 g/mol. The van der Waals surface area contributed by atoms with Crippen molar-refractivity contribution in [2.24, 2.45) is 0 Å². The number of carbonyl (C=O) groups is 2. The number of rotatable bonds is 4. The average Bonchev–Trinajstić information content (AvgIpc) is 2.52. The van der Waals surface area contributed by atoms with Gasteiger partial charge in [-0.3, -0.25) is 9.59 Å². The smallest absolute Gasteiger partial charge is 0.160 e. The maximum atomic E-state index is 12.1. The number of ketones is 2. The van der Waals surface area contributed by atoms with Crippen molar-refractivity contribution in [3.05, 3.63) is 74.8 Å². The number of aryl methyl sites for hydroxylation is 1. The highest BCUT2D eigenvalue weighted by Gasteiger charge is 2.20. The summed E-state index contributed by atoms with van der Waals surface area (Å²) < 4.78 is 0. The van der Waals surface area contributed by atoms with Gasteiger partial charge in [0, 0.05) is 5.56 Å². The number of hydrogen-bond acceptors (Lipinski definition) is 2. The van der Waals surface area contributed by atoms with Gasteiger partial charge in [-0.15, -0.1) is 0 Å². The summed E-state index contributed by atoms with van der Waals surface area (Å²) in [5, 5.41) is 0. The van der Waals surface area contributed by atoms with Crippen LogP contribution in [0.3, 0.4) is 0 Å². The Morgan fingerprint density at radius 1 is 0.720 bits per heavy atom. The van der Waals surface area contributed by atoms with E-state index in [9.17, 15) is 9.59 Å². The van der Waals surface area contributed by atoms with Gasteiger partial charge in [0.15, 0.2) is 11.6 Å². The van der Waals surface area contributed by atoms with Crippen molar-refractivity contribution in [3.8, 4) is 0 Å². The molecule has 2 nitrogen and oxygen atoms in total. The van der Waals surface area contributed by atoms with E-state index in [1.807, 2.05) is 46.8 Å². The number of carbonyl (C=O) groups excluding carboxylic acids is 2. The first kappa shape index (κ1) is 18.9. The topological polar surface area (TPSA) is 34.1 Å². The van der Waals surface area contributed by atoms with E-state index in [4.69, 9.17) is 0 Å². The molecule has 2 rings (SSSR count). The van der Waals surface area contributed by atoms with Gasteiger partial charge in [-0.1, -0.05) is 29.8 Å². The molecular weight excluding hydrogens is 308 g/mol. The zero-order valence-corrected chi connectivity index (χ0v) is 16.2. The molecule has 0 aliphatic rings. The fourth-order valence-corrected chi connectivity index (χ4v) is 3.48. The number of hydrogen-bond donors (Lipinski definition) is 0. The molecule has 0 aliphatic heterocycles. The van der Waals surface area contributed by atoms with E-state index in [1.54, 1.807) is 19.9 Å². The van der Waals surface area contributed by atoms with Gasteiger partial charge in [0.05, 0.1) is 0 Å². The summed E-state index contributed by atoms with van der Waals surface area (Å²) in [6, 6.07) is 8.20. The fourth-order valence-electron chi connectivity index (χ4n) is 3.48. The Morgan fingerprint density at radius 3 is 1.56 bits per heavy atom. The Kier molecular flexibility index (Phi) is 5.42.